The van der Waals surface area contributed by atoms with E-state index in [0.29, 0.717) is 32.9 Å². The van der Waals surface area contributed by atoms with Gasteiger partial charge in [-0.05, 0) is 58.5 Å². The Labute approximate surface area is 188 Å². The monoisotopic (exact) mass is 451 g/mol. The van der Waals surface area contributed by atoms with E-state index in [4.69, 9.17) is 16.3 Å². The second kappa shape index (κ2) is 9.63. The fraction of sp³-hybridized carbons (Fsp3) is 0.0909. The molecule has 4 aromatic rings. The van der Waals surface area contributed by atoms with Crippen LogP contribution in [0.2, 0.25) is 5.02 Å². The summed E-state index contributed by atoms with van der Waals surface area (Å²) in [6.45, 7) is 0. The number of carbonyl (C=O) groups is 1. The van der Waals surface area contributed by atoms with Crippen molar-refractivity contribution >= 4 is 35.0 Å². The van der Waals surface area contributed by atoms with Gasteiger partial charge >= 0.3 is 0 Å². The SMILES string of the molecule is COc1ccc(Cl)cc1NC(=O)c1ccc(CSc2nnnn2-c2ccccc2)cc1. The van der Waals surface area contributed by atoms with Crippen LogP contribution in [0.3, 0.4) is 0 Å². The van der Waals surface area contributed by atoms with Gasteiger partial charge in [0.15, 0.2) is 0 Å². The zero-order valence-corrected chi connectivity index (χ0v) is 18.1. The molecule has 0 unspecified atom stereocenters. The average molecular weight is 452 g/mol. The van der Waals surface area contributed by atoms with Gasteiger partial charge in [-0.1, -0.05) is 53.7 Å². The highest BCUT2D eigenvalue weighted by Gasteiger charge is 2.12. The fourth-order valence-electron chi connectivity index (χ4n) is 2.87. The van der Waals surface area contributed by atoms with Crippen molar-refractivity contribution in [2.24, 2.45) is 0 Å². The van der Waals surface area contributed by atoms with Gasteiger partial charge in [-0.15, -0.1) is 5.10 Å². The summed E-state index contributed by atoms with van der Waals surface area (Å²) in [5.41, 5.74) is 3.00. The zero-order chi connectivity index (χ0) is 21.6. The number of hydrogen-bond acceptors (Lipinski definition) is 6. The molecule has 0 bridgehead atoms. The minimum absolute atomic E-state index is 0.243. The van der Waals surface area contributed by atoms with Crippen molar-refractivity contribution in [2.45, 2.75) is 10.9 Å². The number of nitrogens with one attached hydrogen (secondary N) is 1. The maximum atomic E-state index is 12.6. The van der Waals surface area contributed by atoms with Crippen LogP contribution in [-0.2, 0) is 5.75 Å². The summed E-state index contributed by atoms with van der Waals surface area (Å²) in [6.07, 6.45) is 0. The van der Waals surface area contributed by atoms with Crippen LogP contribution in [-0.4, -0.2) is 33.2 Å². The smallest absolute Gasteiger partial charge is 0.255 e. The molecular weight excluding hydrogens is 434 g/mol. The van der Waals surface area contributed by atoms with Crippen LogP contribution in [0, 0.1) is 0 Å². The second-order valence-corrected chi connectivity index (χ2v) is 7.87. The molecule has 7 nitrogen and oxygen atoms in total. The third kappa shape index (κ3) is 5.04. The molecule has 31 heavy (non-hydrogen) atoms. The third-order valence-corrected chi connectivity index (χ3v) is 5.66. The van der Waals surface area contributed by atoms with E-state index in [0.717, 1.165) is 11.3 Å². The van der Waals surface area contributed by atoms with Crippen molar-refractivity contribution < 1.29 is 9.53 Å². The fourth-order valence-corrected chi connectivity index (χ4v) is 3.89. The van der Waals surface area contributed by atoms with Gasteiger partial charge in [0.05, 0.1) is 18.5 Å². The first-order valence-electron chi connectivity index (χ1n) is 9.34. The molecule has 1 amide bonds. The highest BCUT2D eigenvalue weighted by atomic mass is 35.5. The number of rotatable bonds is 7. The Morgan fingerprint density at radius 1 is 1.10 bits per heavy atom. The minimum atomic E-state index is -0.243. The molecule has 0 radical (unpaired) electrons. The molecule has 4 rings (SSSR count). The Balaban J connectivity index is 1.41. The third-order valence-electron chi connectivity index (χ3n) is 4.44. The molecule has 3 aromatic carbocycles. The summed E-state index contributed by atoms with van der Waals surface area (Å²) >= 11 is 7.55. The van der Waals surface area contributed by atoms with Crippen LogP contribution in [0.15, 0.2) is 78.0 Å². The molecule has 0 fully saturated rings. The first-order valence-corrected chi connectivity index (χ1v) is 10.7. The van der Waals surface area contributed by atoms with Gasteiger partial charge in [0.25, 0.3) is 5.91 Å². The van der Waals surface area contributed by atoms with Crippen LogP contribution in [0.25, 0.3) is 5.69 Å². The van der Waals surface area contributed by atoms with Crippen molar-refractivity contribution in [3.8, 4) is 11.4 Å². The molecule has 0 atom stereocenters. The predicted molar refractivity (Wildman–Crippen MR) is 121 cm³/mol. The van der Waals surface area contributed by atoms with Crippen LogP contribution in [0.5, 0.6) is 5.75 Å². The van der Waals surface area contributed by atoms with E-state index in [2.05, 4.69) is 20.8 Å². The maximum absolute atomic E-state index is 12.6. The standard InChI is InChI=1S/C22H18ClN5O2S/c1-30-20-12-11-17(23)13-19(20)24-21(29)16-9-7-15(8-10-16)14-31-22-25-26-27-28(22)18-5-3-2-4-6-18/h2-13H,14H2,1H3,(H,24,29). The summed E-state index contributed by atoms with van der Waals surface area (Å²) in [5, 5.41) is 16.0. The summed E-state index contributed by atoms with van der Waals surface area (Å²) in [6, 6.07) is 22.2. The minimum Gasteiger partial charge on any atom is -0.495 e. The molecule has 1 aromatic heterocycles. The number of tetrazole rings is 1. The number of halogens is 1. The highest BCUT2D eigenvalue weighted by molar-refractivity contribution is 7.98. The predicted octanol–water partition coefficient (Wildman–Crippen LogP) is 4.87. The van der Waals surface area contributed by atoms with Gasteiger partial charge in [-0.2, -0.15) is 4.68 Å². The van der Waals surface area contributed by atoms with Gasteiger partial charge < -0.3 is 10.1 Å². The van der Waals surface area contributed by atoms with Crippen molar-refractivity contribution in [1.29, 1.82) is 0 Å². The summed E-state index contributed by atoms with van der Waals surface area (Å²) in [5.74, 6) is 0.965. The lowest BCUT2D eigenvalue weighted by Crippen LogP contribution is -2.12. The summed E-state index contributed by atoms with van der Waals surface area (Å²) < 4.78 is 6.97. The van der Waals surface area contributed by atoms with Crippen molar-refractivity contribution in [3.63, 3.8) is 0 Å². The number of para-hydroxylation sites is 1. The molecule has 0 aliphatic carbocycles. The van der Waals surface area contributed by atoms with Crippen molar-refractivity contribution in [3.05, 3.63) is 88.9 Å². The zero-order valence-electron chi connectivity index (χ0n) is 16.5. The van der Waals surface area contributed by atoms with Gasteiger partial charge in [0.2, 0.25) is 5.16 Å². The molecule has 0 aliphatic heterocycles. The number of ether oxygens (including phenoxy) is 1. The Kier molecular flexibility index (Phi) is 6.49. The lowest BCUT2D eigenvalue weighted by Gasteiger charge is -2.11. The van der Waals surface area contributed by atoms with Gasteiger partial charge in [-0.25, -0.2) is 0 Å². The number of amides is 1. The van der Waals surface area contributed by atoms with E-state index in [1.54, 1.807) is 42.1 Å². The van der Waals surface area contributed by atoms with Gasteiger partial charge in [-0.3, -0.25) is 4.79 Å². The molecule has 156 valence electrons. The second-order valence-electron chi connectivity index (χ2n) is 6.49. The molecular formula is C22H18ClN5O2S. The van der Waals surface area contributed by atoms with Gasteiger partial charge in [0, 0.05) is 16.3 Å². The lowest BCUT2D eigenvalue weighted by molar-refractivity contribution is 0.102. The van der Waals surface area contributed by atoms with E-state index >= 15 is 0 Å². The Bertz CT molecular complexity index is 1180. The van der Waals surface area contributed by atoms with E-state index in [1.807, 2.05) is 42.5 Å². The Morgan fingerprint density at radius 3 is 2.61 bits per heavy atom. The first kappa shape index (κ1) is 20.9. The number of anilines is 1. The van der Waals surface area contributed by atoms with Crippen molar-refractivity contribution in [2.75, 3.05) is 12.4 Å². The topological polar surface area (TPSA) is 81.9 Å². The van der Waals surface area contributed by atoms with Crippen molar-refractivity contribution in [1.82, 2.24) is 20.2 Å². The number of thioether (sulfide) groups is 1. The molecule has 0 spiro atoms. The Morgan fingerprint density at radius 2 is 1.87 bits per heavy atom. The van der Waals surface area contributed by atoms with Crippen LogP contribution < -0.4 is 10.1 Å². The molecule has 0 saturated carbocycles. The van der Waals surface area contributed by atoms with E-state index in [9.17, 15) is 4.79 Å². The molecule has 1 heterocycles. The molecule has 0 saturated heterocycles. The number of hydrogen-bond donors (Lipinski definition) is 1. The molecule has 1 N–H and O–H groups in total. The average Bonchev–Trinajstić information content (AvgIpc) is 3.27. The largest absolute Gasteiger partial charge is 0.495 e. The van der Waals surface area contributed by atoms with E-state index < -0.39 is 0 Å². The normalized spacial score (nSPS) is 10.6. The number of benzene rings is 3. The van der Waals surface area contributed by atoms with E-state index in [1.165, 1.54) is 11.8 Å². The van der Waals surface area contributed by atoms with Crippen LogP contribution >= 0.6 is 23.4 Å². The molecule has 0 aliphatic rings. The number of carbonyl (C=O) groups excluding carboxylic acids is 1. The number of methoxy groups -OCH3 is 1. The quantitative estimate of drug-likeness (QED) is 0.404. The van der Waals surface area contributed by atoms with Gasteiger partial charge in [0.1, 0.15) is 5.75 Å². The Hall–Kier alpha value is -3.36. The summed E-state index contributed by atoms with van der Waals surface area (Å²) in [4.78, 5) is 12.6. The number of nitrogens with zero attached hydrogens (tertiary/aromatic N) is 4. The van der Waals surface area contributed by atoms with E-state index in [-0.39, 0.29) is 5.91 Å². The maximum Gasteiger partial charge on any atom is 0.255 e. The highest BCUT2D eigenvalue weighted by Crippen LogP contribution is 2.28. The van der Waals surface area contributed by atoms with Crippen LogP contribution in [0.1, 0.15) is 15.9 Å². The van der Waals surface area contributed by atoms with Crippen LogP contribution in [0.4, 0.5) is 5.69 Å². The lowest BCUT2D eigenvalue weighted by atomic mass is 10.1. The first-order chi connectivity index (χ1) is 15.1. The number of aromatic nitrogens is 4. The summed E-state index contributed by atoms with van der Waals surface area (Å²) in [7, 11) is 1.54. The molecule has 9 heteroatoms.